The Labute approximate surface area is 168 Å². The predicted molar refractivity (Wildman–Crippen MR) is 100 cm³/mol. The molecule has 4 rings (SSSR count). The second-order valence-electron chi connectivity index (χ2n) is 7.85. The largest absolute Gasteiger partial charge is 0.377 e. The number of benzene rings is 1. The van der Waals surface area contributed by atoms with Gasteiger partial charge in [0, 0.05) is 39.2 Å². The summed E-state index contributed by atoms with van der Waals surface area (Å²) in [5.74, 6) is -0.0931. The molecule has 0 N–H and O–H groups in total. The topological polar surface area (TPSA) is 77.3 Å². The molecule has 0 bridgehead atoms. The number of methoxy groups -OCH3 is 1. The lowest BCUT2D eigenvalue weighted by atomic mass is 9.73. The summed E-state index contributed by atoms with van der Waals surface area (Å²) >= 11 is 0. The first-order valence-electron chi connectivity index (χ1n) is 9.70. The van der Waals surface area contributed by atoms with E-state index in [1.807, 2.05) is 0 Å². The SMILES string of the molecule is COCc1nnc2n1CCC1(CC2)CCN(S(=O)(=O)c2ccc(F)cc2F)CC1. The van der Waals surface area contributed by atoms with E-state index in [-0.39, 0.29) is 5.41 Å². The lowest BCUT2D eigenvalue weighted by Crippen LogP contribution is -2.43. The zero-order valence-electron chi connectivity index (χ0n) is 16.3. The molecule has 1 spiro atoms. The molecule has 10 heteroatoms. The Morgan fingerprint density at radius 3 is 2.52 bits per heavy atom. The minimum absolute atomic E-state index is 0.0262. The van der Waals surface area contributed by atoms with E-state index in [1.54, 1.807) is 7.11 Å². The van der Waals surface area contributed by atoms with E-state index in [0.29, 0.717) is 38.6 Å². The van der Waals surface area contributed by atoms with Gasteiger partial charge in [0.15, 0.2) is 5.82 Å². The molecule has 1 aromatic carbocycles. The van der Waals surface area contributed by atoms with Crippen molar-refractivity contribution >= 4 is 10.0 Å². The maximum atomic E-state index is 14.0. The molecule has 1 saturated heterocycles. The molecule has 29 heavy (non-hydrogen) atoms. The number of nitrogens with zero attached hydrogens (tertiary/aromatic N) is 4. The summed E-state index contributed by atoms with van der Waals surface area (Å²) < 4.78 is 61.5. The summed E-state index contributed by atoms with van der Waals surface area (Å²) in [7, 11) is -2.36. The molecular weight excluding hydrogens is 402 g/mol. The normalized spacial score (nSPS) is 19.8. The summed E-state index contributed by atoms with van der Waals surface area (Å²) in [5.41, 5.74) is 0.0262. The first kappa shape index (κ1) is 20.4. The molecule has 0 atom stereocenters. The molecule has 3 heterocycles. The third-order valence-corrected chi connectivity index (χ3v) is 8.15. The Morgan fingerprint density at radius 2 is 1.83 bits per heavy atom. The number of piperidine rings is 1. The summed E-state index contributed by atoms with van der Waals surface area (Å²) in [5, 5.41) is 8.47. The molecule has 2 aromatic rings. The molecule has 0 saturated carbocycles. The quantitative estimate of drug-likeness (QED) is 0.751. The third kappa shape index (κ3) is 3.80. The zero-order chi connectivity index (χ0) is 20.6. The van der Waals surface area contributed by atoms with Gasteiger partial charge in [-0.2, -0.15) is 4.31 Å². The lowest BCUT2D eigenvalue weighted by molar-refractivity contribution is 0.127. The van der Waals surface area contributed by atoms with Crippen molar-refractivity contribution in [2.24, 2.45) is 5.41 Å². The Balaban J connectivity index is 1.46. The van der Waals surface area contributed by atoms with Gasteiger partial charge in [0.05, 0.1) is 0 Å². The molecule has 7 nitrogen and oxygen atoms in total. The molecule has 0 radical (unpaired) electrons. The molecule has 158 valence electrons. The summed E-state index contributed by atoms with van der Waals surface area (Å²) in [6.07, 6.45) is 4.01. The van der Waals surface area contributed by atoms with Crippen LogP contribution in [-0.2, 0) is 34.3 Å². The van der Waals surface area contributed by atoms with Crippen LogP contribution in [-0.4, -0.2) is 47.7 Å². The Morgan fingerprint density at radius 1 is 1.10 bits per heavy atom. The van der Waals surface area contributed by atoms with Crippen LogP contribution in [0.5, 0.6) is 0 Å². The number of rotatable bonds is 4. The second-order valence-corrected chi connectivity index (χ2v) is 9.75. The third-order valence-electron chi connectivity index (χ3n) is 6.22. The van der Waals surface area contributed by atoms with E-state index in [1.165, 1.54) is 4.31 Å². The average Bonchev–Trinajstić information content (AvgIpc) is 2.98. The fourth-order valence-electron chi connectivity index (χ4n) is 4.43. The van der Waals surface area contributed by atoms with Gasteiger partial charge in [-0.15, -0.1) is 10.2 Å². The smallest absolute Gasteiger partial charge is 0.245 e. The van der Waals surface area contributed by atoms with Crippen LogP contribution in [0, 0.1) is 17.0 Å². The van der Waals surface area contributed by atoms with Crippen molar-refractivity contribution in [1.82, 2.24) is 19.1 Å². The number of hydrogen-bond donors (Lipinski definition) is 0. The van der Waals surface area contributed by atoms with Crippen molar-refractivity contribution in [2.75, 3.05) is 20.2 Å². The van der Waals surface area contributed by atoms with Gasteiger partial charge < -0.3 is 9.30 Å². The van der Waals surface area contributed by atoms with Crippen LogP contribution in [0.2, 0.25) is 0 Å². The number of aromatic nitrogens is 3. The van der Waals surface area contributed by atoms with Gasteiger partial charge in [-0.05, 0) is 43.2 Å². The zero-order valence-corrected chi connectivity index (χ0v) is 17.1. The van der Waals surface area contributed by atoms with E-state index < -0.39 is 26.6 Å². The highest BCUT2D eigenvalue weighted by molar-refractivity contribution is 7.89. The van der Waals surface area contributed by atoms with Crippen LogP contribution in [0.15, 0.2) is 23.1 Å². The maximum Gasteiger partial charge on any atom is 0.245 e. The van der Waals surface area contributed by atoms with Gasteiger partial charge in [-0.25, -0.2) is 17.2 Å². The second kappa shape index (κ2) is 7.73. The van der Waals surface area contributed by atoms with Gasteiger partial charge in [0.2, 0.25) is 10.0 Å². The van der Waals surface area contributed by atoms with Crippen LogP contribution >= 0.6 is 0 Å². The summed E-state index contributed by atoms with van der Waals surface area (Å²) in [6, 6.07) is 2.58. The highest BCUT2D eigenvalue weighted by atomic mass is 32.2. The average molecular weight is 426 g/mol. The molecule has 0 aliphatic carbocycles. The fourth-order valence-corrected chi connectivity index (χ4v) is 5.91. The van der Waals surface area contributed by atoms with Gasteiger partial charge in [-0.3, -0.25) is 0 Å². The number of halogens is 2. The Hall–Kier alpha value is -1.91. The molecule has 2 aliphatic heterocycles. The summed E-state index contributed by atoms with van der Waals surface area (Å²) in [4.78, 5) is -0.467. The number of fused-ring (bicyclic) bond motifs is 1. The van der Waals surface area contributed by atoms with Gasteiger partial charge in [-0.1, -0.05) is 0 Å². The Bertz CT molecular complexity index is 1000. The minimum atomic E-state index is -3.98. The molecule has 0 amide bonds. The van der Waals surface area contributed by atoms with Crippen molar-refractivity contribution < 1.29 is 21.9 Å². The van der Waals surface area contributed by atoms with Crippen molar-refractivity contribution in [1.29, 1.82) is 0 Å². The standard InChI is InChI=1S/C19H24F2N4O3S/c1-28-13-18-23-22-17-4-5-19(8-11-25(17)18)6-9-24(10-7-19)29(26,27)16-3-2-14(20)12-15(16)21/h2-3,12H,4-11,13H2,1H3. The van der Waals surface area contributed by atoms with Crippen LogP contribution in [0.25, 0.3) is 0 Å². The number of aryl methyl sites for hydroxylation is 1. The van der Waals surface area contributed by atoms with Crippen LogP contribution in [0.4, 0.5) is 8.78 Å². The van der Waals surface area contributed by atoms with E-state index >= 15 is 0 Å². The van der Waals surface area contributed by atoms with Gasteiger partial charge >= 0.3 is 0 Å². The highest BCUT2D eigenvalue weighted by Gasteiger charge is 2.40. The monoisotopic (exact) mass is 426 g/mol. The number of hydrogen-bond acceptors (Lipinski definition) is 5. The minimum Gasteiger partial charge on any atom is -0.377 e. The van der Waals surface area contributed by atoms with E-state index in [2.05, 4.69) is 14.8 Å². The van der Waals surface area contributed by atoms with E-state index in [0.717, 1.165) is 49.6 Å². The predicted octanol–water partition coefficient (Wildman–Crippen LogP) is 2.51. The molecule has 0 unspecified atom stereocenters. The van der Waals surface area contributed by atoms with Crippen LogP contribution in [0.1, 0.15) is 37.3 Å². The molecular formula is C19H24F2N4O3S. The maximum absolute atomic E-state index is 14.0. The molecule has 1 fully saturated rings. The van der Waals surface area contributed by atoms with Crippen molar-refractivity contribution in [2.45, 2.75) is 50.2 Å². The number of sulfonamides is 1. The Kier molecular flexibility index (Phi) is 5.43. The van der Waals surface area contributed by atoms with E-state index in [9.17, 15) is 17.2 Å². The van der Waals surface area contributed by atoms with Crippen molar-refractivity contribution in [3.05, 3.63) is 41.5 Å². The first-order valence-corrected chi connectivity index (χ1v) is 11.1. The lowest BCUT2D eigenvalue weighted by Gasteiger charge is -2.40. The van der Waals surface area contributed by atoms with Crippen molar-refractivity contribution in [3.8, 4) is 0 Å². The van der Waals surface area contributed by atoms with Gasteiger partial charge in [0.25, 0.3) is 0 Å². The molecule has 1 aromatic heterocycles. The van der Waals surface area contributed by atoms with Crippen molar-refractivity contribution in [3.63, 3.8) is 0 Å². The number of ether oxygens (including phenoxy) is 1. The van der Waals surface area contributed by atoms with E-state index in [4.69, 9.17) is 4.74 Å². The van der Waals surface area contributed by atoms with Crippen LogP contribution < -0.4 is 0 Å². The van der Waals surface area contributed by atoms with Gasteiger partial charge in [0.1, 0.15) is 29.0 Å². The highest BCUT2D eigenvalue weighted by Crippen LogP contribution is 2.42. The summed E-state index contributed by atoms with van der Waals surface area (Å²) in [6.45, 7) is 1.84. The molecule has 2 aliphatic rings. The fraction of sp³-hybridized carbons (Fsp3) is 0.579. The first-order chi connectivity index (χ1) is 13.8. The van der Waals surface area contributed by atoms with Crippen LogP contribution in [0.3, 0.4) is 0 Å².